The predicted molar refractivity (Wildman–Crippen MR) is 93.4 cm³/mol. The van der Waals surface area contributed by atoms with Gasteiger partial charge in [0.05, 0.1) is 0 Å². The van der Waals surface area contributed by atoms with Crippen LogP contribution in [0.25, 0.3) is 10.8 Å². The number of carbonyl (C=O) groups is 2. The van der Waals surface area contributed by atoms with E-state index in [9.17, 15) is 9.59 Å². The van der Waals surface area contributed by atoms with Gasteiger partial charge in [-0.3, -0.25) is 9.59 Å². The molecule has 0 radical (unpaired) electrons. The SMILES string of the molecule is CCCC(=O)OCc1ccc2c(COC(=O)CCC)cccc2c1. The average molecular weight is 328 g/mol. The summed E-state index contributed by atoms with van der Waals surface area (Å²) in [7, 11) is 0. The number of benzene rings is 2. The molecule has 128 valence electrons. The molecule has 4 nitrogen and oxygen atoms in total. The van der Waals surface area contributed by atoms with Crippen LogP contribution in [-0.4, -0.2) is 11.9 Å². The molecule has 0 heterocycles. The number of carbonyl (C=O) groups excluding carboxylic acids is 2. The fourth-order valence-electron chi connectivity index (χ4n) is 2.49. The van der Waals surface area contributed by atoms with Crippen molar-refractivity contribution in [3.8, 4) is 0 Å². The summed E-state index contributed by atoms with van der Waals surface area (Å²) < 4.78 is 10.5. The fraction of sp³-hybridized carbons (Fsp3) is 0.400. The zero-order chi connectivity index (χ0) is 17.4. The van der Waals surface area contributed by atoms with Gasteiger partial charge >= 0.3 is 11.9 Å². The first-order chi connectivity index (χ1) is 11.6. The molecule has 24 heavy (non-hydrogen) atoms. The Morgan fingerprint density at radius 1 is 0.875 bits per heavy atom. The minimum absolute atomic E-state index is 0.172. The molecule has 0 bridgehead atoms. The van der Waals surface area contributed by atoms with Crippen molar-refractivity contribution in [2.75, 3.05) is 0 Å². The van der Waals surface area contributed by atoms with Gasteiger partial charge < -0.3 is 9.47 Å². The molecule has 0 atom stereocenters. The molecule has 0 aliphatic rings. The van der Waals surface area contributed by atoms with E-state index in [4.69, 9.17) is 9.47 Å². The van der Waals surface area contributed by atoms with Crippen molar-refractivity contribution in [2.45, 2.75) is 52.7 Å². The van der Waals surface area contributed by atoms with Crippen LogP contribution in [0.2, 0.25) is 0 Å². The highest BCUT2D eigenvalue weighted by atomic mass is 16.5. The molecule has 0 saturated heterocycles. The number of rotatable bonds is 8. The largest absolute Gasteiger partial charge is 0.461 e. The maximum Gasteiger partial charge on any atom is 0.306 e. The first kappa shape index (κ1) is 18.0. The molecule has 0 aliphatic carbocycles. The first-order valence-electron chi connectivity index (χ1n) is 8.45. The summed E-state index contributed by atoms with van der Waals surface area (Å²) in [4.78, 5) is 23.0. The highest BCUT2D eigenvalue weighted by molar-refractivity contribution is 5.86. The van der Waals surface area contributed by atoms with Crippen LogP contribution in [0.4, 0.5) is 0 Å². The Balaban J connectivity index is 2.07. The Hall–Kier alpha value is -2.36. The molecular formula is C20H24O4. The van der Waals surface area contributed by atoms with Crippen molar-refractivity contribution in [1.29, 1.82) is 0 Å². The maximum atomic E-state index is 11.5. The quantitative estimate of drug-likeness (QED) is 0.668. The van der Waals surface area contributed by atoms with Gasteiger partial charge in [0.2, 0.25) is 0 Å². The third kappa shape index (κ3) is 5.08. The smallest absolute Gasteiger partial charge is 0.306 e. The molecule has 0 amide bonds. The second-order valence-electron chi connectivity index (χ2n) is 5.79. The summed E-state index contributed by atoms with van der Waals surface area (Å²) >= 11 is 0. The molecular weight excluding hydrogens is 304 g/mol. The summed E-state index contributed by atoms with van der Waals surface area (Å²) in [6, 6.07) is 11.8. The molecule has 0 fully saturated rings. The first-order valence-corrected chi connectivity index (χ1v) is 8.45. The molecule has 2 aromatic carbocycles. The average Bonchev–Trinajstić information content (AvgIpc) is 2.58. The molecule has 0 spiro atoms. The lowest BCUT2D eigenvalue weighted by Gasteiger charge is -2.10. The Bertz CT molecular complexity index is 706. The molecule has 2 aromatic rings. The summed E-state index contributed by atoms with van der Waals surface area (Å²) in [6.45, 7) is 4.46. The topological polar surface area (TPSA) is 52.6 Å². The van der Waals surface area contributed by atoms with Crippen LogP contribution in [0.3, 0.4) is 0 Å². The lowest BCUT2D eigenvalue weighted by atomic mass is 10.0. The van der Waals surface area contributed by atoms with Crippen LogP contribution in [0.5, 0.6) is 0 Å². The molecule has 0 unspecified atom stereocenters. The van der Waals surface area contributed by atoms with Gasteiger partial charge in [0, 0.05) is 12.8 Å². The Morgan fingerprint density at radius 3 is 2.21 bits per heavy atom. The van der Waals surface area contributed by atoms with E-state index >= 15 is 0 Å². The van der Waals surface area contributed by atoms with E-state index in [-0.39, 0.29) is 25.2 Å². The minimum Gasteiger partial charge on any atom is -0.461 e. The van der Waals surface area contributed by atoms with Crippen LogP contribution in [0, 0.1) is 0 Å². The normalized spacial score (nSPS) is 10.6. The van der Waals surface area contributed by atoms with Gasteiger partial charge in [-0.05, 0) is 40.8 Å². The van der Waals surface area contributed by atoms with Crippen molar-refractivity contribution in [1.82, 2.24) is 0 Å². The highest BCUT2D eigenvalue weighted by Gasteiger charge is 2.07. The standard InChI is InChI=1S/C20H24O4/c1-3-6-19(21)23-13-15-10-11-18-16(12-15)8-5-9-17(18)14-24-20(22)7-4-2/h5,8-12H,3-4,6-7,13-14H2,1-2H3. The molecule has 4 heteroatoms. The fourth-order valence-corrected chi connectivity index (χ4v) is 2.49. The van der Waals surface area contributed by atoms with Crippen LogP contribution in [0.15, 0.2) is 36.4 Å². The van der Waals surface area contributed by atoms with Crippen LogP contribution < -0.4 is 0 Å². The summed E-state index contributed by atoms with van der Waals surface area (Å²) in [5, 5.41) is 2.09. The minimum atomic E-state index is -0.172. The third-order valence-corrected chi connectivity index (χ3v) is 3.73. The van der Waals surface area contributed by atoms with E-state index in [0.717, 1.165) is 34.7 Å². The van der Waals surface area contributed by atoms with Crippen LogP contribution in [0.1, 0.15) is 50.7 Å². The number of esters is 2. The Morgan fingerprint density at radius 2 is 1.54 bits per heavy atom. The number of ether oxygens (including phenoxy) is 2. The van der Waals surface area contributed by atoms with Gasteiger partial charge in [-0.2, -0.15) is 0 Å². The molecule has 0 N–H and O–H groups in total. The lowest BCUT2D eigenvalue weighted by Crippen LogP contribution is -2.04. The Labute approximate surface area is 142 Å². The van der Waals surface area contributed by atoms with Crippen LogP contribution >= 0.6 is 0 Å². The maximum absolute atomic E-state index is 11.5. The zero-order valence-electron chi connectivity index (χ0n) is 14.3. The van der Waals surface area contributed by atoms with Crippen molar-refractivity contribution in [3.63, 3.8) is 0 Å². The van der Waals surface area contributed by atoms with Crippen molar-refractivity contribution in [3.05, 3.63) is 47.5 Å². The number of hydrogen-bond acceptors (Lipinski definition) is 4. The second-order valence-corrected chi connectivity index (χ2v) is 5.79. The van der Waals surface area contributed by atoms with E-state index in [1.54, 1.807) is 0 Å². The Kier molecular flexibility index (Phi) is 6.79. The molecule has 0 saturated carbocycles. The van der Waals surface area contributed by atoms with E-state index < -0.39 is 0 Å². The van der Waals surface area contributed by atoms with E-state index in [0.29, 0.717) is 12.8 Å². The van der Waals surface area contributed by atoms with Gasteiger partial charge in [-0.1, -0.05) is 44.2 Å². The van der Waals surface area contributed by atoms with Crippen molar-refractivity contribution >= 4 is 22.7 Å². The van der Waals surface area contributed by atoms with E-state index in [2.05, 4.69) is 0 Å². The third-order valence-electron chi connectivity index (χ3n) is 3.73. The van der Waals surface area contributed by atoms with Gasteiger partial charge in [-0.15, -0.1) is 0 Å². The molecule has 2 rings (SSSR count). The van der Waals surface area contributed by atoms with Crippen LogP contribution in [-0.2, 0) is 32.3 Å². The number of fused-ring (bicyclic) bond motifs is 1. The number of hydrogen-bond donors (Lipinski definition) is 0. The van der Waals surface area contributed by atoms with Gasteiger partial charge in [0.1, 0.15) is 13.2 Å². The van der Waals surface area contributed by atoms with E-state index in [1.165, 1.54) is 0 Å². The van der Waals surface area contributed by atoms with Crippen molar-refractivity contribution < 1.29 is 19.1 Å². The lowest BCUT2D eigenvalue weighted by molar-refractivity contribution is -0.145. The molecule has 0 aliphatic heterocycles. The summed E-state index contributed by atoms with van der Waals surface area (Å²) in [5.41, 5.74) is 1.93. The summed E-state index contributed by atoms with van der Waals surface area (Å²) in [5.74, 6) is -0.344. The van der Waals surface area contributed by atoms with Crippen molar-refractivity contribution in [2.24, 2.45) is 0 Å². The summed E-state index contributed by atoms with van der Waals surface area (Å²) in [6.07, 6.45) is 2.46. The second kappa shape index (κ2) is 9.06. The van der Waals surface area contributed by atoms with Gasteiger partial charge in [-0.25, -0.2) is 0 Å². The van der Waals surface area contributed by atoms with E-state index in [1.807, 2.05) is 50.2 Å². The van der Waals surface area contributed by atoms with Gasteiger partial charge in [0.15, 0.2) is 0 Å². The monoisotopic (exact) mass is 328 g/mol. The highest BCUT2D eigenvalue weighted by Crippen LogP contribution is 2.22. The zero-order valence-corrected chi connectivity index (χ0v) is 14.3. The molecule has 0 aromatic heterocycles. The predicted octanol–water partition coefficient (Wildman–Crippen LogP) is 4.53. The van der Waals surface area contributed by atoms with Gasteiger partial charge in [0.25, 0.3) is 0 Å².